The number of rotatable bonds is 5. The van der Waals surface area contributed by atoms with E-state index in [9.17, 15) is 0 Å². The normalized spacial score (nSPS) is 13.0. The van der Waals surface area contributed by atoms with Crippen LogP contribution in [0.15, 0.2) is 54.6 Å². The maximum atomic E-state index is 5.84. The van der Waals surface area contributed by atoms with Gasteiger partial charge in [-0.25, -0.2) is 0 Å². The summed E-state index contributed by atoms with van der Waals surface area (Å²) in [5.41, 5.74) is 9.26. The van der Waals surface area contributed by atoms with Gasteiger partial charge in [0.15, 0.2) is 0 Å². The van der Waals surface area contributed by atoms with Crippen LogP contribution in [0.5, 0.6) is 0 Å². The fraction of sp³-hybridized carbons (Fsp3) is 0.368. The molecule has 2 rings (SSSR count). The molecule has 2 aromatic rings. The molecule has 0 spiro atoms. The van der Waals surface area contributed by atoms with Crippen LogP contribution in [0.3, 0.4) is 0 Å². The van der Waals surface area contributed by atoms with Crippen LogP contribution >= 0.6 is 0 Å². The molecule has 2 nitrogen and oxygen atoms in total. The summed E-state index contributed by atoms with van der Waals surface area (Å²) in [6.45, 7) is 9.20. The van der Waals surface area contributed by atoms with Crippen LogP contribution in [-0.4, -0.2) is 6.04 Å². The second-order valence-corrected chi connectivity index (χ2v) is 6.32. The Hall–Kier alpha value is -1.96. The van der Waals surface area contributed by atoms with Gasteiger partial charge >= 0.3 is 0 Å². The van der Waals surface area contributed by atoms with Gasteiger partial charge in [0.25, 0.3) is 0 Å². The summed E-state index contributed by atoms with van der Waals surface area (Å²) < 4.78 is 0. The van der Waals surface area contributed by atoms with Gasteiger partial charge in [0.1, 0.15) is 0 Å². The zero-order chi connectivity index (χ0) is 15.5. The lowest BCUT2D eigenvalue weighted by Crippen LogP contribution is -2.40. The number of hydrogen-bond acceptors (Lipinski definition) is 2. The van der Waals surface area contributed by atoms with E-state index in [-0.39, 0.29) is 5.41 Å². The summed E-state index contributed by atoms with van der Waals surface area (Å²) >= 11 is 0. The Balaban J connectivity index is 2.47. The van der Waals surface area contributed by atoms with E-state index in [1.54, 1.807) is 0 Å². The van der Waals surface area contributed by atoms with Crippen LogP contribution in [0.4, 0.5) is 17.1 Å². The standard InChI is InChI=1S/C19H26N2/c1-5-19(3,4)15(2)21(17-9-7-6-8-10-17)18-13-11-16(20)12-14-18/h6-15H,5,20H2,1-4H3. The summed E-state index contributed by atoms with van der Waals surface area (Å²) in [6.07, 6.45) is 1.13. The number of hydrogen-bond donors (Lipinski definition) is 1. The molecule has 0 bridgehead atoms. The third kappa shape index (κ3) is 3.38. The van der Waals surface area contributed by atoms with Crippen LogP contribution in [0, 0.1) is 5.41 Å². The van der Waals surface area contributed by atoms with Gasteiger partial charge in [-0.1, -0.05) is 39.0 Å². The quantitative estimate of drug-likeness (QED) is 0.761. The molecule has 0 saturated carbocycles. The Bertz CT molecular complexity index is 558. The van der Waals surface area contributed by atoms with Crippen molar-refractivity contribution in [3.05, 3.63) is 54.6 Å². The van der Waals surface area contributed by atoms with E-state index >= 15 is 0 Å². The first-order valence-electron chi connectivity index (χ1n) is 7.65. The Kier molecular flexibility index (Phi) is 4.56. The molecule has 1 atom stereocenters. The van der Waals surface area contributed by atoms with E-state index in [0.717, 1.165) is 12.1 Å². The first kappa shape index (κ1) is 15.4. The highest BCUT2D eigenvalue weighted by atomic mass is 15.2. The molecule has 0 aliphatic rings. The van der Waals surface area contributed by atoms with Crippen molar-refractivity contribution >= 4 is 17.1 Å². The predicted molar refractivity (Wildman–Crippen MR) is 93.0 cm³/mol. The van der Waals surface area contributed by atoms with Gasteiger partial charge in [-0.2, -0.15) is 0 Å². The lowest BCUT2D eigenvalue weighted by molar-refractivity contribution is 0.288. The summed E-state index contributed by atoms with van der Waals surface area (Å²) in [7, 11) is 0. The van der Waals surface area contributed by atoms with Crippen molar-refractivity contribution in [3.8, 4) is 0 Å². The molecule has 21 heavy (non-hydrogen) atoms. The first-order valence-corrected chi connectivity index (χ1v) is 7.65. The van der Waals surface area contributed by atoms with Crippen LogP contribution < -0.4 is 10.6 Å². The number of benzene rings is 2. The minimum Gasteiger partial charge on any atom is -0.399 e. The fourth-order valence-electron chi connectivity index (χ4n) is 2.46. The van der Waals surface area contributed by atoms with Crippen molar-refractivity contribution in [3.63, 3.8) is 0 Å². The van der Waals surface area contributed by atoms with Gasteiger partial charge in [-0.15, -0.1) is 0 Å². The zero-order valence-corrected chi connectivity index (χ0v) is 13.5. The van der Waals surface area contributed by atoms with E-state index in [0.29, 0.717) is 6.04 Å². The van der Waals surface area contributed by atoms with Gasteiger partial charge in [0, 0.05) is 23.1 Å². The van der Waals surface area contributed by atoms with Crippen molar-refractivity contribution in [2.75, 3.05) is 10.6 Å². The highest BCUT2D eigenvalue weighted by Crippen LogP contribution is 2.37. The molecule has 0 aliphatic carbocycles. The van der Waals surface area contributed by atoms with E-state index in [1.165, 1.54) is 11.4 Å². The molecule has 0 amide bonds. The Morgan fingerprint density at radius 1 is 0.952 bits per heavy atom. The number of nitrogen functional groups attached to an aromatic ring is 1. The molecular weight excluding hydrogens is 256 g/mol. The third-order valence-corrected chi connectivity index (χ3v) is 4.64. The SMILES string of the molecule is CCC(C)(C)C(C)N(c1ccccc1)c1ccc(N)cc1. The maximum Gasteiger partial charge on any atom is 0.0415 e. The molecule has 0 fully saturated rings. The number of nitrogens with zero attached hydrogens (tertiary/aromatic N) is 1. The second-order valence-electron chi connectivity index (χ2n) is 6.32. The van der Waals surface area contributed by atoms with Crippen LogP contribution in [-0.2, 0) is 0 Å². The summed E-state index contributed by atoms with van der Waals surface area (Å²) in [5, 5.41) is 0. The van der Waals surface area contributed by atoms with Crippen LogP contribution in [0.1, 0.15) is 34.1 Å². The molecule has 0 saturated heterocycles. The average Bonchev–Trinajstić information content (AvgIpc) is 2.50. The largest absolute Gasteiger partial charge is 0.399 e. The molecule has 0 aromatic heterocycles. The van der Waals surface area contributed by atoms with Crippen LogP contribution in [0.25, 0.3) is 0 Å². The third-order valence-electron chi connectivity index (χ3n) is 4.64. The Labute approximate surface area is 128 Å². The predicted octanol–water partition coefficient (Wildman–Crippen LogP) is 5.23. The van der Waals surface area contributed by atoms with Gasteiger partial charge in [-0.05, 0) is 55.2 Å². The summed E-state index contributed by atoms with van der Waals surface area (Å²) in [4.78, 5) is 2.41. The number of nitrogens with two attached hydrogens (primary N) is 1. The molecule has 1 unspecified atom stereocenters. The molecule has 2 heteroatoms. The molecular formula is C19H26N2. The van der Waals surface area contributed by atoms with E-state index in [1.807, 2.05) is 12.1 Å². The zero-order valence-electron chi connectivity index (χ0n) is 13.5. The second kappa shape index (κ2) is 6.21. The maximum absolute atomic E-state index is 5.84. The van der Waals surface area contributed by atoms with Crippen LogP contribution in [0.2, 0.25) is 0 Å². The smallest absolute Gasteiger partial charge is 0.0415 e. The van der Waals surface area contributed by atoms with Gasteiger partial charge in [0.05, 0.1) is 0 Å². The van der Waals surface area contributed by atoms with E-state index in [4.69, 9.17) is 5.73 Å². The lowest BCUT2D eigenvalue weighted by Gasteiger charge is -2.41. The summed E-state index contributed by atoms with van der Waals surface area (Å²) in [6, 6.07) is 19.1. The number of para-hydroxylation sites is 1. The van der Waals surface area contributed by atoms with E-state index < -0.39 is 0 Å². The first-order chi connectivity index (χ1) is 9.95. The Morgan fingerprint density at radius 2 is 1.48 bits per heavy atom. The topological polar surface area (TPSA) is 29.3 Å². The molecule has 0 heterocycles. The average molecular weight is 282 g/mol. The highest BCUT2D eigenvalue weighted by molar-refractivity contribution is 5.66. The molecule has 112 valence electrons. The lowest BCUT2D eigenvalue weighted by atomic mass is 9.81. The van der Waals surface area contributed by atoms with Gasteiger partial charge in [-0.3, -0.25) is 0 Å². The number of anilines is 3. The van der Waals surface area contributed by atoms with Crippen molar-refractivity contribution in [1.29, 1.82) is 0 Å². The monoisotopic (exact) mass is 282 g/mol. The molecule has 0 radical (unpaired) electrons. The van der Waals surface area contributed by atoms with Crippen molar-refractivity contribution < 1.29 is 0 Å². The van der Waals surface area contributed by atoms with Crippen molar-refractivity contribution in [2.24, 2.45) is 5.41 Å². The van der Waals surface area contributed by atoms with Crippen molar-refractivity contribution in [2.45, 2.75) is 40.2 Å². The Morgan fingerprint density at radius 3 is 2.00 bits per heavy atom. The fourth-order valence-corrected chi connectivity index (χ4v) is 2.46. The minimum absolute atomic E-state index is 0.219. The molecule has 0 aliphatic heterocycles. The van der Waals surface area contributed by atoms with E-state index in [2.05, 4.69) is 75.1 Å². The molecule has 2 aromatic carbocycles. The minimum atomic E-state index is 0.219. The van der Waals surface area contributed by atoms with Gasteiger partial charge < -0.3 is 10.6 Å². The molecule has 2 N–H and O–H groups in total. The highest BCUT2D eigenvalue weighted by Gasteiger charge is 2.30. The van der Waals surface area contributed by atoms with Gasteiger partial charge in [0.2, 0.25) is 0 Å². The summed E-state index contributed by atoms with van der Waals surface area (Å²) in [5.74, 6) is 0. The van der Waals surface area contributed by atoms with Crippen molar-refractivity contribution in [1.82, 2.24) is 0 Å².